The van der Waals surface area contributed by atoms with Gasteiger partial charge in [0, 0.05) is 56.2 Å². The van der Waals surface area contributed by atoms with Gasteiger partial charge in [0.1, 0.15) is 11.9 Å². The van der Waals surface area contributed by atoms with Crippen LogP contribution in [0.5, 0.6) is 0 Å². The Morgan fingerprint density at radius 1 is 1.33 bits per heavy atom. The number of ether oxygens (including phenoxy) is 1. The molecule has 0 aliphatic carbocycles. The predicted octanol–water partition coefficient (Wildman–Crippen LogP) is 2.68. The first-order valence-electron chi connectivity index (χ1n) is 8.04. The number of rotatable bonds is 3. The normalized spacial score (nSPS) is 19.0. The second-order valence-electron chi connectivity index (χ2n) is 6.15. The van der Waals surface area contributed by atoms with Crippen molar-refractivity contribution in [3.63, 3.8) is 0 Å². The van der Waals surface area contributed by atoms with E-state index in [1.807, 2.05) is 17.7 Å². The lowest BCUT2D eigenvalue weighted by Crippen LogP contribution is -2.38. The van der Waals surface area contributed by atoms with Crippen molar-refractivity contribution in [2.45, 2.75) is 12.6 Å². The van der Waals surface area contributed by atoms with Crippen molar-refractivity contribution >= 4 is 10.9 Å². The molecule has 124 valence electrons. The fourth-order valence-electron chi connectivity index (χ4n) is 3.31. The number of hydrogen-bond acceptors (Lipinski definition) is 4. The molecule has 0 N–H and O–H groups in total. The van der Waals surface area contributed by atoms with Crippen LogP contribution in [-0.4, -0.2) is 39.1 Å². The van der Waals surface area contributed by atoms with Crippen molar-refractivity contribution in [2.24, 2.45) is 7.05 Å². The molecule has 0 amide bonds. The van der Waals surface area contributed by atoms with Crippen molar-refractivity contribution in [3.8, 4) is 0 Å². The lowest BCUT2D eigenvalue weighted by atomic mass is 10.1. The third-order valence-corrected chi connectivity index (χ3v) is 4.49. The molecule has 24 heavy (non-hydrogen) atoms. The molecule has 0 spiro atoms. The van der Waals surface area contributed by atoms with Gasteiger partial charge in [0.15, 0.2) is 0 Å². The molecule has 1 aliphatic heterocycles. The zero-order valence-corrected chi connectivity index (χ0v) is 13.5. The molecule has 0 radical (unpaired) electrons. The Kier molecular flexibility index (Phi) is 4.00. The lowest BCUT2D eigenvalue weighted by Gasteiger charge is -2.32. The molecule has 4 rings (SSSR count). The van der Waals surface area contributed by atoms with Crippen LogP contribution < -0.4 is 0 Å². The molecule has 0 bridgehead atoms. The highest BCUT2D eigenvalue weighted by Gasteiger charge is 2.24. The van der Waals surface area contributed by atoms with Crippen LogP contribution in [0.15, 0.2) is 43.0 Å². The number of benzene rings is 1. The second-order valence-corrected chi connectivity index (χ2v) is 6.15. The minimum Gasteiger partial charge on any atom is -0.369 e. The Morgan fingerprint density at radius 3 is 3.08 bits per heavy atom. The molecule has 1 aromatic carbocycles. The van der Waals surface area contributed by atoms with Gasteiger partial charge >= 0.3 is 0 Å². The molecule has 0 saturated carbocycles. The molecule has 6 heteroatoms. The number of morpholine rings is 1. The molecule has 1 saturated heterocycles. The van der Waals surface area contributed by atoms with Gasteiger partial charge in [0.25, 0.3) is 0 Å². The molecule has 1 unspecified atom stereocenters. The van der Waals surface area contributed by atoms with Crippen LogP contribution in [-0.2, 0) is 18.3 Å². The monoisotopic (exact) mass is 326 g/mol. The van der Waals surface area contributed by atoms with Gasteiger partial charge in [0.2, 0.25) is 0 Å². The van der Waals surface area contributed by atoms with E-state index in [2.05, 4.69) is 21.1 Å². The van der Waals surface area contributed by atoms with Crippen LogP contribution in [0.2, 0.25) is 0 Å². The highest BCUT2D eigenvalue weighted by atomic mass is 19.1. The standard InChI is InChI=1S/C18H19FN4O/c1-22-10-13(15-8-14(19)2-3-17(15)22)11-23-6-7-24-18(12-23)16-9-20-4-5-21-16/h2-5,8-10,18H,6-7,11-12H2,1H3. The number of hydrogen-bond donors (Lipinski definition) is 0. The smallest absolute Gasteiger partial charge is 0.123 e. The Labute approximate surface area is 139 Å². The second kappa shape index (κ2) is 6.30. The third kappa shape index (κ3) is 2.90. The summed E-state index contributed by atoms with van der Waals surface area (Å²) in [5.41, 5.74) is 3.03. The van der Waals surface area contributed by atoms with Crippen molar-refractivity contribution in [1.82, 2.24) is 19.4 Å². The van der Waals surface area contributed by atoms with Crippen LogP contribution >= 0.6 is 0 Å². The zero-order chi connectivity index (χ0) is 16.5. The van der Waals surface area contributed by atoms with E-state index in [-0.39, 0.29) is 11.9 Å². The van der Waals surface area contributed by atoms with Crippen LogP contribution in [0.3, 0.4) is 0 Å². The Hall–Kier alpha value is -2.31. The molecule has 3 aromatic rings. The van der Waals surface area contributed by atoms with Gasteiger partial charge < -0.3 is 9.30 Å². The van der Waals surface area contributed by atoms with Gasteiger partial charge in [0.05, 0.1) is 18.5 Å². The van der Waals surface area contributed by atoms with Crippen LogP contribution in [0.1, 0.15) is 17.4 Å². The quantitative estimate of drug-likeness (QED) is 0.742. The SMILES string of the molecule is Cn1cc(CN2CCOC(c3cnccn3)C2)c2cc(F)ccc21. The summed E-state index contributed by atoms with van der Waals surface area (Å²) in [6, 6.07) is 4.95. The van der Waals surface area contributed by atoms with E-state index in [1.54, 1.807) is 24.7 Å². The van der Waals surface area contributed by atoms with E-state index >= 15 is 0 Å². The van der Waals surface area contributed by atoms with Crippen LogP contribution in [0.4, 0.5) is 4.39 Å². The van der Waals surface area contributed by atoms with Gasteiger partial charge in [-0.05, 0) is 23.8 Å². The fourth-order valence-corrected chi connectivity index (χ4v) is 3.31. The molecular weight excluding hydrogens is 307 g/mol. The summed E-state index contributed by atoms with van der Waals surface area (Å²) in [6.07, 6.45) is 7.11. The fraction of sp³-hybridized carbons (Fsp3) is 0.333. The van der Waals surface area contributed by atoms with E-state index in [0.717, 1.165) is 41.8 Å². The maximum absolute atomic E-state index is 13.6. The summed E-state index contributed by atoms with van der Waals surface area (Å²) in [6.45, 7) is 3.02. The van der Waals surface area contributed by atoms with Gasteiger partial charge in [-0.25, -0.2) is 4.39 Å². The first-order chi connectivity index (χ1) is 11.7. The molecule has 2 aromatic heterocycles. The largest absolute Gasteiger partial charge is 0.369 e. The van der Waals surface area contributed by atoms with E-state index in [0.29, 0.717) is 6.61 Å². The topological polar surface area (TPSA) is 43.2 Å². The van der Waals surface area contributed by atoms with E-state index < -0.39 is 0 Å². The number of nitrogens with zero attached hydrogens (tertiary/aromatic N) is 4. The Morgan fingerprint density at radius 2 is 2.25 bits per heavy atom. The first-order valence-corrected chi connectivity index (χ1v) is 8.04. The van der Waals surface area contributed by atoms with Gasteiger partial charge in [-0.2, -0.15) is 0 Å². The summed E-state index contributed by atoms with van der Waals surface area (Å²) in [5, 5.41) is 0.972. The summed E-state index contributed by atoms with van der Waals surface area (Å²) in [7, 11) is 1.99. The van der Waals surface area contributed by atoms with Gasteiger partial charge in [-0.15, -0.1) is 0 Å². The number of fused-ring (bicyclic) bond motifs is 1. The predicted molar refractivity (Wildman–Crippen MR) is 88.9 cm³/mol. The minimum atomic E-state index is -0.200. The van der Waals surface area contributed by atoms with Crippen molar-refractivity contribution in [1.29, 1.82) is 0 Å². The summed E-state index contributed by atoms with van der Waals surface area (Å²) in [4.78, 5) is 10.8. The van der Waals surface area contributed by atoms with E-state index in [9.17, 15) is 4.39 Å². The minimum absolute atomic E-state index is 0.0702. The molecule has 1 atom stereocenters. The summed E-state index contributed by atoms with van der Waals surface area (Å²) in [5.74, 6) is -0.200. The molecule has 5 nitrogen and oxygen atoms in total. The molecule has 1 fully saturated rings. The van der Waals surface area contributed by atoms with Crippen LogP contribution in [0, 0.1) is 5.82 Å². The molecular formula is C18H19FN4O. The van der Waals surface area contributed by atoms with Crippen molar-refractivity contribution < 1.29 is 9.13 Å². The highest BCUT2D eigenvalue weighted by molar-refractivity contribution is 5.84. The summed E-state index contributed by atoms with van der Waals surface area (Å²) < 4.78 is 21.5. The highest BCUT2D eigenvalue weighted by Crippen LogP contribution is 2.26. The van der Waals surface area contributed by atoms with Crippen molar-refractivity contribution in [2.75, 3.05) is 19.7 Å². The molecule has 3 heterocycles. The maximum Gasteiger partial charge on any atom is 0.123 e. The van der Waals surface area contributed by atoms with Gasteiger partial charge in [-0.1, -0.05) is 0 Å². The number of aryl methyl sites for hydroxylation is 1. The number of halogens is 1. The average Bonchev–Trinajstić information content (AvgIpc) is 2.91. The van der Waals surface area contributed by atoms with Gasteiger partial charge in [-0.3, -0.25) is 14.9 Å². The Balaban J connectivity index is 1.56. The lowest BCUT2D eigenvalue weighted by molar-refractivity contribution is -0.0350. The van der Waals surface area contributed by atoms with E-state index in [1.165, 1.54) is 6.07 Å². The number of aromatic nitrogens is 3. The summed E-state index contributed by atoms with van der Waals surface area (Å²) >= 11 is 0. The van der Waals surface area contributed by atoms with Crippen molar-refractivity contribution in [3.05, 3.63) is 60.1 Å². The third-order valence-electron chi connectivity index (χ3n) is 4.49. The Bertz CT molecular complexity index is 849. The average molecular weight is 326 g/mol. The molecule has 1 aliphatic rings. The van der Waals surface area contributed by atoms with Crippen LogP contribution in [0.25, 0.3) is 10.9 Å². The van der Waals surface area contributed by atoms with E-state index in [4.69, 9.17) is 4.74 Å². The zero-order valence-electron chi connectivity index (χ0n) is 13.5. The maximum atomic E-state index is 13.6. The first kappa shape index (κ1) is 15.2.